The molecule has 0 saturated heterocycles. The van der Waals surface area contributed by atoms with Gasteiger partial charge in [0.15, 0.2) is 0 Å². The van der Waals surface area contributed by atoms with Gasteiger partial charge in [-0.3, -0.25) is 4.57 Å². The lowest BCUT2D eigenvalue weighted by atomic mass is 9.98. The Morgan fingerprint density at radius 2 is 0.932 bits per heavy atom. The number of hydrogen-bond donors (Lipinski definition) is 0. The summed E-state index contributed by atoms with van der Waals surface area (Å²) in [6.45, 7) is 0. The zero-order chi connectivity index (χ0) is 29.0. The molecule has 0 aliphatic heterocycles. The van der Waals surface area contributed by atoms with E-state index in [0.29, 0.717) is 0 Å². The summed E-state index contributed by atoms with van der Waals surface area (Å²) in [4.78, 5) is 5.19. The molecule has 0 bridgehead atoms. The highest BCUT2D eigenvalue weighted by Gasteiger charge is 2.15. The van der Waals surface area contributed by atoms with Crippen molar-refractivity contribution >= 4 is 43.7 Å². The minimum atomic E-state index is 0.873. The molecule has 0 spiro atoms. The van der Waals surface area contributed by atoms with E-state index in [1.54, 1.807) is 0 Å². The highest BCUT2D eigenvalue weighted by Crippen LogP contribution is 2.36. The predicted molar refractivity (Wildman–Crippen MR) is 182 cm³/mol. The van der Waals surface area contributed by atoms with Gasteiger partial charge in [-0.15, -0.1) is 0 Å². The number of hydrogen-bond acceptors (Lipinski definition) is 2. The summed E-state index contributed by atoms with van der Waals surface area (Å²) < 4.78 is 8.54. The molecule has 0 saturated carbocycles. The fraction of sp³-hybridized carbons (Fsp3) is 0. The van der Waals surface area contributed by atoms with Crippen molar-refractivity contribution in [3.63, 3.8) is 0 Å². The van der Waals surface area contributed by atoms with E-state index in [1.165, 1.54) is 27.5 Å². The molecular formula is C41H26N2O. The molecule has 0 atom stereocenters. The van der Waals surface area contributed by atoms with Gasteiger partial charge in [0, 0.05) is 27.1 Å². The third-order valence-electron chi connectivity index (χ3n) is 8.61. The number of nitrogens with zero attached hydrogens (tertiary/aromatic N) is 2. The lowest BCUT2D eigenvalue weighted by molar-refractivity contribution is 0.669. The van der Waals surface area contributed by atoms with Crippen molar-refractivity contribution in [3.8, 4) is 39.3 Å². The quantitative estimate of drug-likeness (QED) is 0.214. The molecule has 44 heavy (non-hydrogen) atoms. The molecule has 0 N–H and O–H groups in total. The van der Waals surface area contributed by atoms with Gasteiger partial charge in [0.05, 0.1) is 16.7 Å². The van der Waals surface area contributed by atoms with E-state index in [2.05, 4.69) is 162 Å². The van der Waals surface area contributed by atoms with Crippen LogP contribution in [0.4, 0.5) is 0 Å². The third kappa shape index (κ3) is 3.94. The average Bonchev–Trinajstić information content (AvgIpc) is 3.64. The minimum Gasteiger partial charge on any atom is -0.456 e. The summed E-state index contributed by atoms with van der Waals surface area (Å²) in [5, 5.41) is 4.64. The fourth-order valence-corrected chi connectivity index (χ4v) is 6.50. The molecule has 3 nitrogen and oxygen atoms in total. The zero-order valence-electron chi connectivity index (χ0n) is 23.8. The molecule has 3 heteroatoms. The van der Waals surface area contributed by atoms with E-state index in [1.807, 2.05) is 0 Å². The van der Waals surface area contributed by atoms with Crippen LogP contribution in [0.15, 0.2) is 162 Å². The Hall–Kier alpha value is -5.93. The first-order valence-electron chi connectivity index (χ1n) is 14.9. The summed E-state index contributed by atoms with van der Waals surface area (Å²) in [7, 11) is 0. The van der Waals surface area contributed by atoms with Crippen LogP contribution in [0.3, 0.4) is 0 Å². The first kappa shape index (κ1) is 24.6. The Morgan fingerprint density at radius 3 is 1.66 bits per heavy atom. The largest absolute Gasteiger partial charge is 0.456 e. The van der Waals surface area contributed by atoms with Crippen LogP contribution in [0.1, 0.15) is 0 Å². The van der Waals surface area contributed by atoms with Gasteiger partial charge in [0.25, 0.3) is 0 Å². The standard InChI is InChI=1S/C41H26N2O/c1-2-10-27(11-3-1)28-12-8-13-29(24-28)30-20-22-39-34(25-30)35-26-31(21-23-40(35)44-39)36-16-9-19-41(42-36)43-37-17-6-4-14-32(37)33-15-5-7-18-38(33)43/h1-26H. The summed E-state index contributed by atoms with van der Waals surface area (Å²) >= 11 is 0. The van der Waals surface area contributed by atoms with Crippen LogP contribution in [-0.4, -0.2) is 9.55 Å². The maximum atomic E-state index is 6.28. The van der Waals surface area contributed by atoms with E-state index in [-0.39, 0.29) is 0 Å². The van der Waals surface area contributed by atoms with Crippen molar-refractivity contribution in [2.24, 2.45) is 0 Å². The van der Waals surface area contributed by atoms with Crippen molar-refractivity contribution in [3.05, 3.63) is 158 Å². The lowest BCUT2D eigenvalue weighted by Crippen LogP contribution is -1.98. The summed E-state index contributed by atoms with van der Waals surface area (Å²) in [5.41, 5.74) is 10.8. The third-order valence-corrected chi connectivity index (χ3v) is 8.61. The van der Waals surface area contributed by atoms with Crippen LogP contribution in [-0.2, 0) is 0 Å². The smallest absolute Gasteiger partial charge is 0.138 e. The zero-order valence-corrected chi connectivity index (χ0v) is 23.8. The number of aromatic nitrogens is 2. The molecule has 0 unspecified atom stereocenters. The van der Waals surface area contributed by atoms with Crippen molar-refractivity contribution in [2.45, 2.75) is 0 Å². The van der Waals surface area contributed by atoms with Crippen LogP contribution < -0.4 is 0 Å². The maximum absolute atomic E-state index is 6.28. The molecule has 0 radical (unpaired) electrons. The Labute approximate surface area is 254 Å². The molecule has 0 amide bonds. The number of furan rings is 1. The predicted octanol–water partition coefficient (Wildman–Crippen LogP) is 11.1. The van der Waals surface area contributed by atoms with Gasteiger partial charge in [-0.05, 0) is 82.9 Å². The molecule has 3 aromatic heterocycles. The number of rotatable bonds is 4. The summed E-state index contributed by atoms with van der Waals surface area (Å²) in [5.74, 6) is 0.901. The van der Waals surface area contributed by atoms with Crippen LogP contribution in [0.25, 0.3) is 83.1 Å². The summed E-state index contributed by atoms with van der Waals surface area (Å²) in [6.07, 6.45) is 0. The molecule has 0 aliphatic rings. The number of para-hydroxylation sites is 2. The molecule has 0 aliphatic carbocycles. The lowest BCUT2D eigenvalue weighted by Gasteiger charge is -2.09. The molecule has 9 rings (SSSR count). The maximum Gasteiger partial charge on any atom is 0.138 e. The Kier molecular flexibility index (Phi) is 5.50. The van der Waals surface area contributed by atoms with Gasteiger partial charge in [-0.25, -0.2) is 4.98 Å². The molecule has 9 aromatic rings. The van der Waals surface area contributed by atoms with E-state index < -0.39 is 0 Å². The normalized spacial score (nSPS) is 11.6. The van der Waals surface area contributed by atoms with Gasteiger partial charge in [-0.2, -0.15) is 0 Å². The second-order valence-corrected chi connectivity index (χ2v) is 11.2. The van der Waals surface area contributed by atoms with Gasteiger partial charge in [0.2, 0.25) is 0 Å². The average molecular weight is 563 g/mol. The highest BCUT2D eigenvalue weighted by atomic mass is 16.3. The first-order chi connectivity index (χ1) is 21.8. The monoisotopic (exact) mass is 562 g/mol. The number of benzene rings is 6. The van der Waals surface area contributed by atoms with Gasteiger partial charge in [0.1, 0.15) is 17.0 Å². The molecule has 3 heterocycles. The minimum absolute atomic E-state index is 0.873. The van der Waals surface area contributed by atoms with Crippen molar-refractivity contribution < 1.29 is 4.42 Å². The molecule has 0 fully saturated rings. The van der Waals surface area contributed by atoms with Gasteiger partial charge >= 0.3 is 0 Å². The molecule has 6 aromatic carbocycles. The Balaban J connectivity index is 1.16. The molecular weight excluding hydrogens is 536 g/mol. The molecule has 206 valence electrons. The van der Waals surface area contributed by atoms with Gasteiger partial charge in [-0.1, -0.05) is 97.1 Å². The highest BCUT2D eigenvalue weighted by molar-refractivity contribution is 6.09. The fourth-order valence-electron chi connectivity index (χ4n) is 6.50. The Morgan fingerprint density at radius 1 is 0.386 bits per heavy atom. The number of pyridine rings is 1. The second kappa shape index (κ2) is 9.82. The topological polar surface area (TPSA) is 31.0 Å². The van der Waals surface area contributed by atoms with E-state index >= 15 is 0 Å². The van der Waals surface area contributed by atoms with Crippen LogP contribution >= 0.6 is 0 Å². The van der Waals surface area contributed by atoms with Crippen LogP contribution in [0.2, 0.25) is 0 Å². The van der Waals surface area contributed by atoms with Crippen molar-refractivity contribution in [2.75, 3.05) is 0 Å². The second-order valence-electron chi connectivity index (χ2n) is 11.2. The summed E-state index contributed by atoms with van der Waals surface area (Å²) in [6, 6.07) is 55.4. The van der Waals surface area contributed by atoms with Crippen LogP contribution in [0, 0.1) is 0 Å². The Bertz CT molecular complexity index is 2450. The van der Waals surface area contributed by atoms with E-state index in [9.17, 15) is 0 Å². The SMILES string of the molecule is c1ccc(-c2cccc(-c3ccc4oc5ccc(-c6cccc(-n7c8ccccc8c8ccccc87)n6)cc5c4c3)c2)cc1. The van der Waals surface area contributed by atoms with E-state index in [4.69, 9.17) is 9.40 Å². The first-order valence-corrected chi connectivity index (χ1v) is 14.9. The van der Waals surface area contributed by atoms with Crippen LogP contribution in [0.5, 0.6) is 0 Å². The van der Waals surface area contributed by atoms with Crippen molar-refractivity contribution in [1.82, 2.24) is 9.55 Å². The van der Waals surface area contributed by atoms with Crippen molar-refractivity contribution in [1.29, 1.82) is 0 Å². The van der Waals surface area contributed by atoms with E-state index in [0.717, 1.165) is 55.6 Å². The van der Waals surface area contributed by atoms with Gasteiger partial charge < -0.3 is 4.42 Å². The number of fused-ring (bicyclic) bond motifs is 6.